The summed E-state index contributed by atoms with van der Waals surface area (Å²) in [7, 11) is 0. The van der Waals surface area contributed by atoms with E-state index in [4.69, 9.17) is 4.74 Å². The van der Waals surface area contributed by atoms with Gasteiger partial charge in [-0.05, 0) is 30.9 Å². The van der Waals surface area contributed by atoms with Crippen LogP contribution in [0.4, 0.5) is 13.2 Å². The summed E-state index contributed by atoms with van der Waals surface area (Å²) in [6.45, 7) is 5.54. The molecule has 2 fully saturated rings. The first-order valence-corrected chi connectivity index (χ1v) is 10.9. The Hall–Kier alpha value is -2.52. The molecule has 2 saturated heterocycles. The van der Waals surface area contributed by atoms with Crippen molar-refractivity contribution in [2.24, 2.45) is 5.92 Å². The molecule has 0 bridgehead atoms. The normalized spacial score (nSPS) is 21.0. The summed E-state index contributed by atoms with van der Waals surface area (Å²) in [4.78, 5) is 25.4. The van der Waals surface area contributed by atoms with Gasteiger partial charge in [-0.2, -0.15) is 13.2 Å². The minimum atomic E-state index is -4.44. The third-order valence-corrected chi connectivity index (χ3v) is 6.14. The van der Waals surface area contributed by atoms with Gasteiger partial charge in [-0.3, -0.25) is 19.7 Å². The zero-order valence-corrected chi connectivity index (χ0v) is 18.0. The number of hydrogen-bond donors (Lipinski definition) is 0. The molecule has 4 rings (SSSR count). The smallest absolute Gasteiger partial charge is 0.369 e. The first-order chi connectivity index (χ1) is 15.3. The van der Waals surface area contributed by atoms with Gasteiger partial charge in [0, 0.05) is 44.1 Å². The number of benzene rings is 1. The number of carbonyl (C=O) groups is 1. The van der Waals surface area contributed by atoms with E-state index in [0.717, 1.165) is 38.1 Å². The molecule has 1 amide bonds. The summed E-state index contributed by atoms with van der Waals surface area (Å²) < 4.78 is 45.5. The van der Waals surface area contributed by atoms with Crippen molar-refractivity contribution in [3.63, 3.8) is 0 Å². The Labute approximate surface area is 185 Å². The SMILES string of the molecule is CC1CCN(C(=O)CN2CCO[C@@H](c3nccnc3-c3cccc(C(F)(F)F)c3)C2)CC1. The van der Waals surface area contributed by atoms with E-state index in [1.54, 1.807) is 6.07 Å². The number of amides is 1. The summed E-state index contributed by atoms with van der Waals surface area (Å²) in [6.07, 6.45) is 0.101. The fourth-order valence-corrected chi connectivity index (χ4v) is 4.21. The number of nitrogens with zero attached hydrogens (tertiary/aromatic N) is 4. The van der Waals surface area contributed by atoms with Gasteiger partial charge >= 0.3 is 6.18 Å². The van der Waals surface area contributed by atoms with Crippen LogP contribution < -0.4 is 0 Å². The number of morpholine rings is 1. The van der Waals surface area contributed by atoms with E-state index in [-0.39, 0.29) is 5.91 Å². The van der Waals surface area contributed by atoms with Crippen molar-refractivity contribution in [2.75, 3.05) is 39.3 Å². The number of hydrogen-bond acceptors (Lipinski definition) is 5. The lowest BCUT2D eigenvalue weighted by atomic mass is 9.99. The summed E-state index contributed by atoms with van der Waals surface area (Å²) in [5, 5.41) is 0. The molecule has 172 valence electrons. The highest BCUT2D eigenvalue weighted by molar-refractivity contribution is 5.78. The summed E-state index contributed by atoms with van der Waals surface area (Å²) in [6, 6.07) is 5.06. The van der Waals surface area contributed by atoms with Gasteiger partial charge in [0.05, 0.1) is 30.1 Å². The first kappa shape index (κ1) is 22.7. The van der Waals surface area contributed by atoms with Crippen molar-refractivity contribution in [3.8, 4) is 11.3 Å². The van der Waals surface area contributed by atoms with Crippen LogP contribution in [0.15, 0.2) is 36.7 Å². The molecular weight excluding hydrogens is 421 g/mol. The fraction of sp³-hybridized carbons (Fsp3) is 0.522. The summed E-state index contributed by atoms with van der Waals surface area (Å²) >= 11 is 0. The van der Waals surface area contributed by atoms with Gasteiger partial charge in [0.2, 0.25) is 5.91 Å². The van der Waals surface area contributed by atoms with Gasteiger partial charge in [0.1, 0.15) is 6.10 Å². The van der Waals surface area contributed by atoms with E-state index >= 15 is 0 Å². The van der Waals surface area contributed by atoms with Gasteiger partial charge in [0.15, 0.2) is 0 Å². The van der Waals surface area contributed by atoms with E-state index in [1.807, 2.05) is 9.80 Å². The van der Waals surface area contributed by atoms with Crippen LogP contribution in [0.3, 0.4) is 0 Å². The van der Waals surface area contributed by atoms with E-state index in [1.165, 1.54) is 18.5 Å². The van der Waals surface area contributed by atoms with Crippen molar-refractivity contribution in [3.05, 3.63) is 47.9 Å². The number of halogens is 3. The maximum absolute atomic E-state index is 13.2. The molecular formula is C23H27F3N4O2. The maximum atomic E-state index is 13.2. The standard InChI is InChI=1S/C23H27F3N4O2/c1-16-5-9-30(10-6-16)20(31)15-29-11-12-32-19(14-29)22-21(27-7-8-28-22)17-3-2-4-18(13-17)23(24,25)26/h2-4,7-8,13,16,19H,5-6,9-12,14-15H2,1H3/t19-/m1/s1. The van der Waals surface area contributed by atoms with Crippen LogP contribution in [0, 0.1) is 5.92 Å². The Balaban J connectivity index is 1.49. The predicted octanol–water partition coefficient (Wildman–Crippen LogP) is 3.79. The van der Waals surface area contributed by atoms with Gasteiger partial charge in [-0.25, -0.2) is 0 Å². The van der Waals surface area contributed by atoms with Gasteiger partial charge in [-0.1, -0.05) is 19.1 Å². The molecule has 0 spiro atoms. The van der Waals surface area contributed by atoms with E-state index in [9.17, 15) is 18.0 Å². The second-order valence-electron chi connectivity index (χ2n) is 8.53. The van der Waals surface area contributed by atoms with Crippen LogP contribution in [-0.4, -0.2) is 65.0 Å². The topological polar surface area (TPSA) is 58.6 Å². The minimum Gasteiger partial charge on any atom is -0.369 e. The second-order valence-corrected chi connectivity index (χ2v) is 8.53. The lowest BCUT2D eigenvalue weighted by Gasteiger charge is -2.35. The molecule has 0 unspecified atom stereocenters. The first-order valence-electron chi connectivity index (χ1n) is 10.9. The molecule has 0 radical (unpaired) electrons. The van der Waals surface area contributed by atoms with Crippen LogP contribution in [0.1, 0.15) is 37.1 Å². The average molecular weight is 448 g/mol. The van der Waals surface area contributed by atoms with Crippen molar-refractivity contribution in [1.29, 1.82) is 0 Å². The fourth-order valence-electron chi connectivity index (χ4n) is 4.21. The Bertz CT molecular complexity index is 945. The molecule has 1 atom stereocenters. The monoisotopic (exact) mass is 448 g/mol. The van der Waals surface area contributed by atoms with Gasteiger partial charge in [0.25, 0.3) is 0 Å². The Morgan fingerprint density at radius 3 is 2.66 bits per heavy atom. The molecule has 32 heavy (non-hydrogen) atoms. The number of rotatable bonds is 4. The molecule has 1 aromatic heterocycles. The number of carbonyl (C=O) groups excluding carboxylic acids is 1. The number of piperidine rings is 1. The molecule has 0 aliphatic carbocycles. The van der Waals surface area contributed by atoms with Crippen LogP contribution in [0.5, 0.6) is 0 Å². The lowest BCUT2D eigenvalue weighted by molar-refractivity contribution is -0.137. The van der Waals surface area contributed by atoms with Crippen LogP contribution in [0.25, 0.3) is 11.3 Å². The molecule has 0 saturated carbocycles. The van der Waals surface area contributed by atoms with Crippen LogP contribution in [0.2, 0.25) is 0 Å². The minimum absolute atomic E-state index is 0.106. The van der Waals surface area contributed by atoms with Crippen molar-refractivity contribution in [2.45, 2.75) is 32.0 Å². The molecule has 2 aliphatic rings. The molecule has 3 heterocycles. The third-order valence-electron chi connectivity index (χ3n) is 6.14. The zero-order chi connectivity index (χ0) is 22.7. The van der Waals surface area contributed by atoms with Gasteiger partial charge in [-0.15, -0.1) is 0 Å². The number of alkyl halides is 3. The molecule has 2 aromatic rings. The number of ether oxygens (including phenoxy) is 1. The van der Waals surface area contributed by atoms with Crippen molar-refractivity contribution >= 4 is 5.91 Å². The number of likely N-dealkylation sites (tertiary alicyclic amines) is 1. The van der Waals surface area contributed by atoms with Crippen molar-refractivity contribution in [1.82, 2.24) is 19.8 Å². The predicted molar refractivity (Wildman–Crippen MR) is 113 cm³/mol. The lowest BCUT2D eigenvalue weighted by Crippen LogP contribution is -2.47. The van der Waals surface area contributed by atoms with Crippen LogP contribution in [-0.2, 0) is 15.7 Å². The summed E-state index contributed by atoms with van der Waals surface area (Å²) in [5.41, 5.74) is 0.443. The van der Waals surface area contributed by atoms with E-state index in [0.29, 0.717) is 49.1 Å². The van der Waals surface area contributed by atoms with Gasteiger partial charge < -0.3 is 9.64 Å². The van der Waals surface area contributed by atoms with Crippen LogP contribution >= 0.6 is 0 Å². The maximum Gasteiger partial charge on any atom is 0.416 e. The van der Waals surface area contributed by atoms with E-state index in [2.05, 4.69) is 16.9 Å². The molecule has 9 heteroatoms. The quantitative estimate of drug-likeness (QED) is 0.712. The highest BCUT2D eigenvalue weighted by Crippen LogP contribution is 2.34. The molecule has 0 N–H and O–H groups in total. The Kier molecular flexibility index (Phi) is 6.76. The van der Waals surface area contributed by atoms with E-state index < -0.39 is 17.8 Å². The highest BCUT2D eigenvalue weighted by Gasteiger charge is 2.32. The zero-order valence-electron chi connectivity index (χ0n) is 18.0. The molecule has 2 aliphatic heterocycles. The Morgan fingerprint density at radius 2 is 1.91 bits per heavy atom. The molecule has 1 aromatic carbocycles. The Morgan fingerprint density at radius 1 is 1.16 bits per heavy atom. The average Bonchev–Trinajstić information content (AvgIpc) is 2.79. The summed E-state index contributed by atoms with van der Waals surface area (Å²) in [5.74, 6) is 0.757. The second kappa shape index (κ2) is 9.54. The molecule has 6 nitrogen and oxygen atoms in total. The number of aromatic nitrogens is 2. The third kappa shape index (κ3) is 5.27. The highest BCUT2D eigenvalue weighted by atomic mass is 19.4. The largest absolute Gasteiger partial charge is 0.416 e. The van der Waals surface area contributed by atoms with Crippen molar-refractivity contribution < 1.29 is 22.7 Å².